The Hall–Kier alpha value is -0.470. The van der Waals surface area contributed by atoms with Crippen molar-refractivity contribution in [3.63, 3.8) is 0 Å². The average molecular weight is 263 g/mol. The molecule has 0 aliphatic carbocycles. The Bertz CT molecular complexity index is 378. The highest BCUT2D eigenvalue weighted by molar-refractivity contribution is 7.99. The van der Waals surface area contributed by atoms with Gasteiger partial charge in [0.1, 0.15) is 0 Å². The molecule has 0 saturated heterocycles. The molecule has 1 heterocycles. The first-order chi connectivity index (χ1) is 8.59. The van der Waals surface area contributed by atoms with Gasteiger partial charge in [0.05, 0.1) is 0 Å². The van der Waals surface area contributed by atoms with Gasteiger partial charge < -0.3 is 5.32 Å². The van der Waals surface area contributed by atoms with E-state index >= 15 is 0 Å². The zero-order valence-corrected chi connectivity index (χ0v) is 12.8. The Morgan fingerprint density at radius 1 is 1.17 bits per heavy atom. The lowest BCUT2D eigenvalue weighted by atomic mass is 9.85. The summed E-state index contributed by atoms with van der Waals surface area (Å²) in [6, 6.07) is 9.35. The fourth-order valence-electron chi connectivity index (χ4n) is 2.85. The van der Waals surface area contributed by atoms with Crippen LogP contribution < -0.4 is 5.32 Å². The van der Waals surface area contributed by atoms with Crippen LogP contribution in [0.1, 0.15) is 39.3 Å². The maximum Gasteiger partial charge on any atom is 0.0426 e. The van der Waals surface area contributed by atoms with E-state index in [4.69, 9.17) is 0 Å². The smallest absolute Gasteiger partial charge is 0.0426 e. The van der Waals surface area contributed by atoms with Crippen molar-refractivity contribution in [2.45, 2.75) is 38.6 Å². The average Bonchev–Trinajstić information content (AvgIpc) is 2.72. The fraction of sp³-hybridized carbons (Fsp3) is 0.625. The van der Waals surface area contributed by atoms with Crippen molar-refractivity contribution in [3.8, 4) is 0 Å². The Morgan fingerprint density at radius 2 is 1.83 bits per heavy atom. The van der Waals surface area contributed by atoms with Crippen molar-refractivity contribution in [2.75, 3.05) is 12.3 Å². The number of hydrogen-bond donors (Lipinski definition) is 1. The minimum Gasteiger partial charge on any atom is -0.309 e. The van der Waals surface area contributed by atoms with E-state index in [1.54, 1.807) is 0 Å². The van der Waals surface area contributed by atoms with Crippen molar-refractivity contribution in [1.82, 2.24) is 5.32 Å². The van der Waals surface area contributed by atoms with E-state index in [1.165, 1.54) is 16.2 Å². The van der Waals surface area contributed by atoms with Crippen molar-refractivity contribution < 1.29 is 0 Å². The van der Waals surface area contributed by atoms with Crippen LogP contribution in [0.4, 0.5) is 0 Å². The van der Waals surface area contributed by atoms with Gasteiger partial charge in [-0.15, -0.1) is 11.8 Å². The van der Waals surface area contributed by atoms with Gasteiger partial charge in [0.25, 0.3) is 0 Å². The van der Waals surface area contributed by atoms with Gasteiger partial charge in [0.15, 0.2) is 0 Å². The summed E-state index contributed by atoms with van der Waals surface area (Å²) >= 11 is 1.98. The second-order valence-corrected chi connectivity index (χ2v) is 7.02. The minimum atomic E-state index is 0.547. The van der Waals surface area contributed by atoms with Crippen LogP contribution in [0.5, 0.6) is 0 Å². The number of hydrogen-bond acceptors (Lipinski definition) is 2. The molecule has 1 atom stereocenters. The number of rotatable bonds is 5. The van der Waals surface area contributed by atoms with Crippen molar-refractivity contribution >= 4 is 11.8 Å². The lowest BCUT2D eigenvalue weighted by Crippen LogP contribution is -2.32. The molecule has 1 nitrogen and oxygen atoms in total. The van der Waals surface area contributed by atoms with E-state index in [9.17, 15) is 0 Å². The molecule has 1 aliphatic heterocycles. The molecule has 1 aromatic carbocycles. The molecule has 0 bridgehead atoms. The number of thioether (sulfide) groups is 1. The molecule has 2 heteroatoms. The zero-order chi connectivity index (χ0) is 13.1. The van der Waals surface area contributed by atoms with E-state index in [-0.39, 0.29) is 0 Å². The largest absolute Gasteiger partial charge is 0.309 e. The van der Waals surface area contributed by atoms with Crippen LogP contribution >= 0.6 is 11.8 Å². The molecule has 18 heavy (non-hydrogen) atoms. The fourth-order valence-corrected chi connectivity index (χ4v) is 4.05. The number of nitrogens with one attached hydrogen (secondary N) is 1. The molecule has 0 amide bonds. The van der Waals surface area contributed by atoms with Gasteiger partial charge in [-0.05, 0) is 35.9 Å². The second kappa shape index (κ2) is 6.12. The Morgan fingerprint density at radius 3 is 2.50 bits per heavy atom. The summed E-state index contributed by atoms with van der Waals surface area (Å²) in [5, 5.41) is 3.78. The van der Waals surface area contributed by atoms with Gasteiger partial charge >= 0.3 is 0 Å². The molecule has 0 radical (unpaired) electrons. The molecular formula is C16H25NS. The molecule has 0 saturated carbocycles. The van der Waals surface area contributed by atoms with E-state index in [2.05, 4.69) is 57.3 Å². The highest BCUT2D eigenvalue weighted by Crippen LogP contribution is 2.38. The summed E-state index contributed by atoms with van der Waals surface area (Å²) in [4.78, 5) is 1.46. The third-order valence-corrected chi connectivity index (χ3v) is 5.20. The molecule has 100 valence electrons. The highest BCUT2D eigenvalue weighted by Gasteiger charge is 2.24. The van der Waals surface area contributed by atoms with E-state index in [0.29, 0.717) is 6.04 Å². The van der Waals surface area contributed by atoms with Crippen LogP contribution in [0.3, 0.4) is 0 Å². The summed E-state index contributed by atoms with van der Waals surface area (Å²) in [6.07, 6.45) is 0. The molecule has 1 unspecified atom stereocenters. The minimum absolute atomic E-state index is 0.547. The second-order valence-electron chi connectivity index (χ2n) is 5.96. The maximum absolute atomic E-state index is 3.78. The maximum atomic E-state index is 3.78. The Balaban J connectivity index is 1.96. The Labute approximate surface area is 116 Å². The predicted octanol–water partition coefficient (Wildman–Crippen LogP) is 4.35. The van der Waals surface area contributed by atoms with Crippen LogP contribution in [0.2, 0.25) is 0 Å². The Kier molecular flexibility index (Phi) is 4.74. The first-order valence-corrected chi connectivity index (χ1v) is 8.03. The van der Waals surface area contributed by atoms with Gasteiger partial charge in [-0.3, -0.25) is 0 Å². The van der Waals surface area contributed by atoms with Gasteiger partial charge in [0, 0.05) is 16.7 Å². The summed E-state index contributed by atoms with van der Waals surface area (Å²) in [5.74, 6) is 3.45. The lowest BCUT2D eigenvalue weighted by molar-refractivity contribution is 0.268. The first-order valence-electron chi connectivity index (χ1n) is 7.04. The summed E-state index contributed by atoms with van der Waals surface area (Å²) < 4.78 is 0. The normalized spacial score (nSPS) is 18.9. The van der Waals surface area contributed by atoms with Crippen LogP contribution in [0, 0.1) is 17.8 Å². The molecule has 2 rings (SSSR count). The van der Waals surface area contributed by atoms with Gasteiger partial charge in [-0.1, -0.05) is 45.9 Å². The monoisotopic (exact) mass is 263 g/mol. The highest BCUT2D eigenvalue weighted by atomic mass is 32.2. The first kappa shape index (κ1) is 14.0. The standard InChI is InChI=1S/C16H25NS/c1-11(2)14(12(3)4)9-17-15-10-18-16-8-6-5-7-13(15)16/h5-8,11-12,14-15,17H,9-10H2,1-4H3. The van der Waals surface area contributed by atoms with Crippen LogP contribution in [-0.2, 0) is 0 Å². The summed E-state index contributed by atoms with van der Waals surface area (Å²) in [5.41, 5.74) is 1.49. The molecule has 0 aromatic heterocycles. The third-order valence-electron chi connectivity index (χ3n) is 4.01. The predicted molar refractivity (Wildman–Crippen MR) is 81.1 cm³/mol. The molecular weight excluding hydrogens is 238 g/mol. The van der Waals surface area contributed by atoms with Crippen molar-refractivity contribution in [3.05, 3.63) is 29.8 Å². The molecule has 1 aromatic rings. The van der Waals surface area contributed by atoms with E-state index in [1.807, 2.05) is 11.8 Å². The SMILES string of the molecule is CC(C)C(CNC1CSc2ccccc21)C(C)C. The van der Waals surface area contributed by atoms with E-state index < -0.39 is 0 Å². The molecule has 0 fully saturated rings. The van der Waals surface area contributed by atoms with Gasteiger partial charge in [-0.2, -0.15) is 0 Å². The third kappa shape index (κ3) is 3.10. The van der Waals surface area contributed by atoms with Crippen molar-refractivity contribution in [2.24, 2.45) is 17.8 Å². The van der Waals surface area contributed by atoms with E-state index in [0.717, 1.165) is 24.3 Å². The molecule has 1 N–H and O–H groups in total. The van der Waals surface area contributed by atoms with Gasteiger partial charge in [0.2, 0.25) is 0 Å². The molecule has 1 aliphatic rings. The van der Waals surface area contributed by atoms with Crippen LogP contribution in [0.15, 0.2) is 29.2 Å². The number of fused-ring (bicyclic) bond motifs is 1. The number of benzene rings is 1. The van der Waals surface area contributed by atoms with Gasteiger partial charge in [-0.25, -0.2) is 0 Å². The summed E-state index contributed by atoms with van der Waals surface area (Å²) in [7, 11) is 0. The topological polar surface area (TPSA) is 12.0 Å². The molecule has 0 spiro atoms. The zero-order valence-electron chi connectivity index (χ0n) is 11.9. The van der Waals surface area contributed by atoms with Crippen molar-refractivity contribution in [1.29, 1.82) is 0 Å². The summed E-state index contributed by atoms with van der Waals surface area (Å²) in [6.45, 7) is 10.5. The quantitative estimate of drug-likeness (QED) is 0.847. The lowest BCUT2D eigenvalue weighted by Gasteiger charge is -2.27. The van der Waals surface area contributed by atoms with Crippen LogP contribution in [-0.4, -0.2) is 12.3 Å². The van der Waals surface area contributed by atoms with Crippen LogP contribution in [0.25, 0.3) is 0 Å².